The molecule has 1 amide bonds. The van der Waals surface area contributed by atoms with Crippen molar-refractivity contribution in [3.05, 3.63) is 57.1 Å². The fraction of sp³-hybridized carbons (Fsp3) is 0.238. The SMILES string of the molecule is CCOc1cc(C=Cc2nc3ccc([N+](=O)[O-])cc3s2)ccc1OCC(=O)N(C)C. The van der Waals surface area contributed by atoms with Gasteiger partial charge in [-0.05, 0) is 36.8 Å². The normalized spacial score (nSPS) is 11.0. The van der Waals surface area contributed by atoms with Crippen LogP contribution in [0.4, 0.5) is 5.69 Å². The molecule has 0 bridgehead atoms. The van der Waals surface area contributed by atoms with E-state index in [0.717, 1.165) is 20.8 Å². The number of hydrogen-bond donors (Lipinski definition) is 0. The van der Waals surface area contributed by atoms with Gasteiger partial charge in [0.1, 0.15) is 5.01 Å². The summed E-state index contributed by atoms with van der Waals surface area (Å²) in [6.07, 6.45) is 3.72. The number of thiazole rings is 1. The van der Waals surface area contributed by atoms with Crippen LogP contribution in [0.15, 0.2) is 36.4 Å². The molecule has 9 heteroatoms. The molecule has 0 aliphatic heterocycles. The van der Waals surface area contributed by atoms with Crippen molar-refractivity contribution >= 4 is 45.3 Å². The fourth-order valence-electron chi connectivity index (χ4n) is 2.57. The van der Waals surface area contributed by atoms with Crippen molar-refractivity contribution < 1.29 is 19.2 Å². The minimum atomic E-state index is -0.417. The number of carbonyl (C=O) groups excluding carboxylic acids is 1. The Morgan fingerprint density at radius 1 is 1.17 bits per heavy atom. The average Bonchev–Trinajstić information content (AvgIpc) is 3.13. The molecule has 156 valence electrons. The second-order valence-electron chi connectivity index (χ2n) is 6.51. The lowest BCUT2D eigenvalue weighted by Crippen LogP contribution is -2.27. The number of rotatable bonds is 8. The number of likely N-dealkylation sites (N-methyl/N-ethyl adjacent to an activating group) is 1. The van der Waals surface area contributed by atoms with E-state index in [2.05, 4.69) is 4.98 Å². The molecule has 0 atom stereocenters. The largest absolute Gasteiger partial charge is 0.490 e. The van der Waals surface area contributed by atoms with Crippen LogP contribution in [0.25, 0.3) is 22.4 Å². The summed E-state index contributed by atoms with van der Waals surface area (Å²) in [5.41, 5.74) is 1.64. The predicted molar refractivity (Wildman–Crippen MR) is 117 cm³/mol. The second kappa shape index (κ2) is 9.36. The van der Waals surface area contributed by atoms with Crippen LogP contribution in [0.2, 0.25) is 0 Å². The van der Waals surface area contributed by atoms with Crippen LogP contribution in [0.5, 0.6) is 11.5 Å². The molecule has 2 aromatic carbocycles. The molecule has 0 N–H and O–H groups in total. The van der Waals surface area contributed by atoms with Crippen molar-refractivity contribution in [2.24, 2.45) is 0 Å². The highest BCUT2D eigenvalue weighted by Crippen LogP contribution is 2.30. The van der Waals surface area contributed by atoms with E-state index in [0.29, 0.717) is 18.1 Å². The first-order valence-electron chi connectivity index (χ1n) is 9.20. The van der Waals surface area contributed by atoms with Gasteiger partial charge in [-0.15, -0.1) is 11.3 Å². The Balaban J connectivity index is 1.79. The average molecular weight is 427 g/mol. The molecule has 0 aliphatic carbocycles. The van der Waals surface area contributed by atoms with Crippen LogP contribution < -0.4 is 9.47 Å². The third kappa shape index (κ3) is 5.12. The minimum absolute atomic E-state index is 0.0476. The Morgan fingerprint density at radius 2 is 1.97 bits per heavy atom. The third-order valence-electron chi connectivity index (χ3n) is 4.14. The van der Waals surface area contributed by atoms with Gasteiger partial charge in [-0.3, -0.25) is 14.9 Å². The smallest absolute Gasteiger partial charge is 0.270 e. The first-order chi connectivity index (χ1) is 14.4. The number of ether oxygens (including phenoxy) is 2. The molecule has 0 spiro atoms. The molecule has 1 aromatic heterocycles. The Kier molecular flexibility index (Phi) is 6.63. The van der Waals surface area contributed by atoms with Gasteiger partial charge in [0.05, 0.1) is 21.7 Å². The van der Waals surface area contributed by atoms with Crippen molar-refractivity contribution in [2.45, 2.75) is 6.92 Å². The van der Waals surface area contributed by atoms with Crippen molar-refractivity contribution in [2.75, 3.05) is 27.3 Å². The van der Waals surface area contributed by atoms with Gasteiger partial charge in [0, 0.05) is 26.2 Å². The molecule has 0 aliphatic rings. The summed E-state index contributed by atoms with van der Waals surface area (Å²) < 4.78 is 12.0. The van der Waals surface area contributed by atoms with Crippen molar-refractivity contribution in [3.63, 3.8) is 0 Å². The van der Waals surface area contributed by atoms with Crippen molar-refractivity contribution in [3.8, 4) is 11.5 Å². The van der Waals surface area contributed by atoms with Crippen molar-refractivity contribution in [1.82, 2.24) is 9.88 Å². The number of nitro groups is 1. The van der Waals surface area contributed by atoms with Crippen LogP contribution in [0, 0.1) is 10.1 Å². The van der Waals surface area contributed by atoms with E-state index < -0.39 is 4.92 Å². The first-order valence-corrected chi connectivity index (χ1v) is 10.0. The Hall–Kier alpha value is -3.46. The maximum Gasteiger partial charge on any atom is 0.270 e. The van der Waals surface area contributed by atoms with Gasteiger partial charge in [0.25, 0.3) is 11.6 Å². The summed E-state index contributed by atoms with van der Waals surface area (Å²) in [5, 5.41) is 11.7. The Labute approximate surface area is 177 Å². The third-order valence-corrected chi connectivity index (χ3v) is 5.12. The second-order valence-corrected chi connectivity index (χ2v) is 7.57. The molecule has 3 rings (SSSR count). The van der Waals surface area contributed by atoms with Gasteiger partial charge < -0.3 is 14.4 Å². The maximum atomic E-state index is 11.7. The van der Waals surface area contributed by atoms with Crippen LogP contribution in [-0.2, 0) is 4.79 Å². The minimum Gasteiger partial charge on any atom is -0.490 e. The molecule has 0 radical (unpaired) electrons. The van der Waals surface area contributed by atoms with E-state index in [1.807, 2.05) is 31.2 Å². The summed E-state index contributed by atoms with van der Waals surface area (Å²) in [6.45, 7) is 2.26. The number of hydrogen-bond acceptors (Lipinski definition) is 7. The monoisotopic (exact) mass is 427 g/mol. The highest BCUT2D eigenvalue weighted by molar-refractivity contribution is 7.19. The molecule has 3 aromatic rings. The molecule has 0 unspecified atom stereocenters. The van der Waals surface area contributed by atoms with Gasteiger partial charge in [-0.1, -0.05) is 12.1 Å². The van der Waals surface area contributed by atoms with Gasteiger partial charge in [0.15, 0.2) is 18.1 Å². The molecule has 0 fully saturated rings. The molecule has 8 nitrogen and oxygen atoms in total. The van der Waals surface area contributed by atoms with Gasteiger partial charge in [-0.2, -0.15) is 0 Å². The fourth-order valence-corrected chi connectivity index (χ4v) is 3.47. The lowest BCUT2D eigenvalue weighted by molar-refractivity contribution is -0.384. The Bertz CT molecular complexity index is 1110. The van der Waals surface area contributed by atoms with Gasteiger partial charge >= 0.3 is 0 Å². The maximum absolute atomic E-state index is 11.7. The van der Waals surface area contributed by atoms with Crippen LogP contribution in [-0.4, -0.2) is 48.0 Å². The van der Waals surface area contributed by atoms with E-state index in [1.54, 1.807) is 26.2 Å². The van der Waals surface area contributed by atoms with E-state index in [4.69, 9.17) is 9.47 Å². The number of non-ortho nitro benzene ring substituents is 1. The number of aromatic nitrogens is 1. The highest BCUT2D eigenvalue weighted by atomic mass is 32.1. The number of nitrogens with zero attached hydrogens (tertiary/aromatic N) is 3. The quantitative estimate of drug-likeness (QED) is 0.394. The van der Waals surface area contributed by atoms with E-state index in [-0.39, 0.29) is 18.2 Å². The number of nitro benzene ring substituents is 1. The zero-order valence-corrected chi connectivity index (χ0v) is 17.6. The van der Waals surface area contributed by atoms with E-state index >= 15 is 0 Å². The zero-order valence-electron chi connectivity index (χ0n) is 16.8. The van der Waals surface area contributed by atoms with Gasteiger partial charge in [0.2, 0.25) is 0 Å². The lowest BCUT2D eigenvalue weighted by Gasteiger charge is -2.14. The standard InChI is InChI=1S/C21H21N3O5S/c1-4-28-18-11-14(5-9-17(18)29-13-21(25)23(2)3)6-10-20-22-16-8-7-15(24(26)27)12-19(16)30-20/h5-12H,4,13H2,1-3H3. The van der Waals surface area contributed by atoms with Crippen molar-refractivity contribution in [1.29, 1.82) is 0 Å². The topological polar surface area (TPSA) is 94.8 Å². The summed E-state index contributed by atoms with van der Waals surface area (Å²) in [6, 6.07) is 10.1. The number of amides is 1. The summed E-state index contributed by atoms with van der Waals surface area (Å²) in [4.78, 5) is 28.2. The summed E-state index contributed by atoms with van der Waals surface area (Å²) in [5.74, 6) is 0.903. The predicted octanol–water partition coefficient (Wildman–Crippen LogP) is 4.24. The van der Waals surface area contributed by atoms with E-state index in [9.17, 15) is 14.9 Å². The highest BCUT2D eigenvalue weighted by Gasteiger charge is 2.11. The molecule has 1 heterocycles. The lowest BCUT2D eigenvalue weighted by atomic mass is 10.2. The van der Waals surface area contributed by atoms with Crippen LogP contribution >= 0.6 is 11.3 Å². The zero-order chi connectivity index (χ0) is 21.7. The first kappa shape index (κ1) is 21.3. The van der Waals surface area contributed by atoms with E-state index in [1.165, 1.54) is 28.4 Å². The van der Waals surface area contributed by atoms with Crippen LogP contribution in [0.3, 0.4) is 0 Å². The summed E-state index contributed by atoms with van der Waals surface area (Å²) in [7, 11) is 3.34. The Morgan fingerprint density at radius 3 is 2.67 bits per heavy atom. The molecule has 30 heavy (non-hydrogen) atoms. The molecular weight excluding hydrogens is 406 g/mol. The molecule has 0 saturated heterocycles. The number of benzene rings is 2. The molecular formula is C21H21N3O5S. The molecule has 0 saturated carbocycles. The number of fused-ring (bicyclic) bond motifs is 1. The van der Waals surface area contributed by atoms with Gasteiger partial charge in [-0.25, -0.2) is 4.98 Å². The van der Waals surface area contributed by atoms with Crippen LogP contribution in [0.1, 0.15) is 17.5 Å². The summed E-state index contributed by atoms with van der Waals surface area (Å²) >= 11 is 1.38. The number of carbonyl (C=O) groups is 1.